The van der Waals surface area contributed by atoms with Crippen LogP contribution in [0.25, 0.3) is 0 Å². The first-order valence-electron chi connectivity index (χ1n) is 7.91. The van der Waals surface area contributed by atoms with Gasteiger partial charge in [0.25, 0.3) is 0 Å². The second-order valence-corrected chi connectivity index (χ2v) is 6.04. The Labute approximate surface area is 116 Å². The van der Waals surface area contributed by atoms with Crippen LogP contribution in [0, 0.1) is 5.92 Å². The number of hydrogen-bond donors (Lipinski definition) is 0. The van der Waals surface area contributed by atoms with Gasteiger partial charge in [-0.25, -0.2) is 0 Å². The fourth-order valence-corrected chi connectivity index (χ4v) is 3.53. The van der Waals surface area contributed by atoms with E-state index in [-0.39, 0.29) is 0 Å². The zero-order chi connectivity index (χ0) is 13.4. The Morgan fingerprint density at radius 1 is 0.737 bits per heavy atom. The van der Waals surface area contributed by atoms with Gasteiger partial charge in [0, 0.05) is 42.3 Å². The lowest BCUT2D eigenvalue weighted by molar-refractivity contribution is 0.268. The summed E-state index contributed by atoms with van der Waals surface area (Å²) in [5.74, 6) is 0.584. The van der Waals surface area contributed by atoms with Gasteiger partial charge in [0.2, 0.25) is 0 Å². The number of nitrogens with zero attached hydrogens (tertiary/aromatic N) is 3. The Morgan fingerprint density at radius 3 is 1.21 bits per heavy atom. The Morgan fingerprint density at radius 2 is 1.00 bits per heavy atom. The summed E-state index contributed by atoms with van der Waals surface area (Å²) in [7, 11) is 0. The van der Waals surface area contributed by atoms with Crippen LogP contribution in [-0.4, -0.2) is 35.3 Å². The van der Waals surface area contributed by atoms with E-state index in [9.17, 15) is 0 Å². The predicted octanol–water partition coefficient (Wildman–Crippen LogP) is 3.47. The minimum atomic E-state index is 0.509. The summed E-state index contributed by atoms with van der Waals surface area (Å²) in [4.78, 5) is 14.5. The van der Waals surface area contributed by atoms with Crippen LogP contribution in [0.2, 0.25) is 0 Å². The van der Waals surface area contributed by atoms with E-state index in [1.807, 2.05) is 0 Å². The van der Waals surface area contributed by atoms with Crippen molar-refractivity contribution < 1.29 is 0 Å². The molecule has 3 rings (SSSR count). The first kappa shape index (κ1) is 13.0. The molecular weight excluding hydrogens is 234 g/mol. The van der Waals surface area contributed by atoms with Crippen molar-refractivity contribution in [1.82, 2.24) is 0 Å². The predicted molar refractivity (Wildman–Crippen MR) is 81.9 cm³/mol. The molecule has 0 N–H and O–H groups in total. The van der Waals surface area contributed by atoms with Gasteiger partial charge < -0.3 is 0 Å². The smallest absolute Gasteiger partial charge is 0.0620 e. The summed E-state index contributed by atoms with van der Waals surface area (Å²) in [5, 5.41) is 0. The normalized spacial score (nSPS) is 34.3. The van der Waals surface area contributed by atoms with Crippen LogP contribution in [0.1, 0.15) is 59.3 Å². The largest absolute Gasteiger partial charge is 0.290 e. The minimum Gasteiger partial charge on any atom is -0.290 e. The molecule has 0 amide bonds. The van der Waals surface area contributed by atoms with Crippen molar-refractivity contribution >= 4 is 17.1 Å². The molecule has 3 nitrogen and oxygen atoms in total. The first-order chi connectivity index (χ1) is 9.25. The van der Waals surface area contributed by atoms with Crippen LogP contribution < -0.4 is 0 Å². The highest BCUT2D eigenvalue weighted by Crippen LogP contribution is 2.39. The molecule has 0 aromatic rings. The van der Waals surface area contributed by atoms with E-state index < -0.39 is 0 Å². The van der Waals surface area contributed by atoms with Gasteiger partial charge in [-0.3, -0.25) is 15.0 Å². The van der Waals surface area contributed by atoms with Gasteiger partial charge in [-0.05, 0) is 19.3 Å². The van der Waals surface area contributed by atoms with E-state index in [0.717, 1.165) is 19.3 Å². The van der Waals surface area contributed by atoms with Crippen molar-refractivity contribution in [2.24, 2.45) is 20.9 Å². The minimum absolute atomic E-state index is 0.509. The third kappa shape index (κ3) is 2.28. The summed E-state index contributed by atoms with van der Waals surface area (Å²) in [5.41, 5.74) is 4.19. The van der Waals surface area contributed by atoms with Crippen LogP contribution >= 0.6 is 0 Å². The maximum Gasteiger partial charge on any atom is 0.0620 e. The Hall–Kier alpha value is -0.990. The molecule has 0 aromatic carbocycles. The van der Waals surface area contributed by atoms with Crippen molar-refractivity contribution in [1.29, 1.82) is 0 Å². The molecule has 3 unspecified atom stereocenters. The molecule has 3 aliphatic heterocycles. The highest BCUT2D eigenvalue weighted by atomic mass is 15.0. The zero-order valence-corrected chi connectivity index (χ0v) is 12.4. The van der Waals surface area contributed by atoms with Gasteiger partial charge in [-0.2, -0.15) is 0 Å². The Bertz CT molecular complexity index is 380. The summed E-state index contributed by atoms with van der Waals surface area (Å²) in [6.07, 6.45) is 6.94. The van der Waals surface area contributed by atoms with Crippen molar-refractivity contribution in [3.63, 3.8) is 0 Å². The maximum atomic E-state index is 4.83. The molecule has 3 heteroatoms. The maximum absolute atomic E-state index is 4.83. The summed E-state index contributed by atoms with van der Waals surface area (Å²) < 4.78 is 0. The highest BCUT2D eigenvalue weighted by molar-refractivity contribution is 5.92. The molecule has 0 saturated carbocycles. The Kier molecular flexibility index (Phi) is 3.55. The third-order valence-electron chi connectivity index (χ3n) is 4.94. The quantitative estimate of drug-likeness (QED) is 0.700. The van der Waals surface area contributed by atoms with Crippen LogP contribution in [0.4, 0.5) is 0 Å². The van der Waals surface area contributed by atoms with Crippen molar-refractivity contribution in [3.05, 3.63) is 0 Å². The van der Waals surface area contributed by atoms with Gasteiger partial charge in [-0.15, -0.1) is 0 Å². The van der Waals surface area contributed by atoms with Crippen LogP contribution in [0.5, 0.6) is 0 Å². The van der Waals surface area contributed by atoms with E-state index in [4.69, 9.17) is 15.0 Å². The van der Waals surface area contributed by atoms with Gasteiger partial charge in [0.15, 0.2) is 0 Å². The molecule has 0 spiro atoms. The molecule has 0 bridgehead atoms. The molecule has 3 aliphatic rings. The van der Waals surface area contributed by atoms with E-state index in [0.29, 0.717) is 24.0 Å². The second kappa shape index (κ2) is 5.18. The lowest BCUT2D eigenvalue weighted by atomic mass is 9.73. The molecule has 0 saturated heterocycles. The first-order valence-corrected chi connectivity index (χ1v) is 7.91. The summed E-state index contributed by atoms with van der Waals surface area (Å²) in [6, 6.07) is 1.53. The average molecular weight is 259 g/mol. The molecule has 0 fully saturated rings. The standard InChI is InChI=1S/C16H25N3/c1-4-10-7-13(17-10)16(14-8-11(5-2)18-14)15-9-12(6-3)19-15/h13-16H,4-9H2,1-3H3. The molecule has 0 aliphatic carbocycles. The zero-order valence-electron chi connectivity index (χ0n) is 12.4. The van der Waals surface area contributed by atoms with E-state index in [2.05, 4.69) is 20.8 Å². The fraction of sp³-hybridized carbons (Fsp3) is 0.812. The lowest BCUT2D eigenvalue weighted by Crippen LogP contribution is -2.50. The van der Waals surface area contributed by atoms with Gasteiger partial charge in [0.1, 0.15) is 0 Å². The van der Waals surface area contributed by atoms with Crippen molar-refractivity contribution in [3.8, 4) is 0 Å². The lowest BCUT2D eigenvalue weighted by Gasteiger charge is -2.44. The SMILES string of the molecule is CCC1=NC(C(C2CC(CC)=N2)C2CC(CC)=N2)C1. The fourth-order valence-electron chi connectivity index (χ4n) is 3.53. The number of rotatable bonds is 6. The van der Waals surface area contributed by atoms with Crippen LogP contribution in [-0.2, 0) is 0 Å². The molecule has 104 valence electrons. The number of hydrogen-bond acceptors (Lipinski definition) is 3. The van der Waals surface area contributed by atoms with Gasteiger partial charge >= 0.3 is 0 Å². The van der Waals surface area contributed by atoms with Crippen molar-refractivity contribution in [2.75, 3.05) is 0 Å². The second-order valence-electron chi connectivity index (χ2n) is 6.04. The molecule has 0 radical (unpaired) electrons. The molecule has 19 heavy (non-hydrogen) atoms. The third-order valence-corrected chi connectivity index (χ3v) is 4.94. The molecular formula is C16H25N3. The Balaban J connectivity index is 1.70. The van der Waals surface area contributed by atoms with E-state index in [1.54, 1.807) is 0 Å². The monoisotopic (exact) mass is 259 g/mol. The molecule has 3 atom stereocenters. The van der Waals surface area contributed by atoms with E-state index >= 15 is 0 Å². The topological polar surface area (TPSA) is 37.1 Å². The van der Waals surface area contributed by atoms with Gasteiger partial charge in [-0.1, -0.05) is 20.8 Å². The highest BCUT2D eigenvalue weighted by Gasteiger charge is 2.44. The molecule has 0 aromatic heterocycles. The van der Waals surface area contributed by atoms with Gasteiger partial charge in [0.05, 0.1) is 18.1 Å². The summed E-state index contributed by atoms with van der Waals surface area (Å²) in [6.45, 7) is 6.62. The number of aliphatic imine (C=N–C) groups is 3. The van der Waals surface area contributed by atoms with Crippen LogP contribution in [0.3, 0.4) is 0 Å². The molecule has 3 heterocycles. The van der Waals surface area contributed by atoms with E-state index in [1.165, 1.54) is 36.4 Å². The summed E-state index contributed by atoms with van der Waals surface area (Å²) >= 11 is 0. The average Bonchev–Trinajstić information content (AvgIpc) is 2.24. The van der Waals surface area contributed by atoms with Crippen molar-refractivity contribution in [2.45, 2.75) is 77.4 Å². The van der Waals surface area contributed by atoms with Crippen LogP contribution in [0.15, 0.2) is 15.0 Å².